The van der Waals surface area contributed by atoms with E-state index in [1.54, 1.807) is 24.4 Å². The summed E-state index contributed by atoms with van der Waals surface area (Å²) in [4.78, 5) is 37.1. The van der Waals surface area contributed by atoms with Crippen LogP contribution >= 0.6 is 0 Å². The van der Waals surface area contributed by atoms with E-state index < -0.39 is 0 Å². The molecule has 3 heterocycles. The van der Waals surface area contributed by atoms with Gasteiger partial charge in [0.1, 0.15) is 0 Å². The standard InChI is InChI=1S/C25H21N5O2/c31-24(28-15-16-5-2-1-3-6-16)18-8-4-7-17(13-18)23-26-11-10-21(30-23)22-14-19-20(29-22)9-12-27-25(19)32/h1-8,10-11,13-14,29H,9,12,15H2,(H,27,32)(H,28,31). The van der Waals surface area contributed by atoms with Gasteiger partial charge in [0, 0.05) is 42.5 Å². The summed E-state index contributed by atoms with van der Waals surface area (Å²) in [6.07, 6.45) is 2.44. The van der Waals surface area contributed by atoms with Crippen molar-refractivity contribution in [2.24, 2.45) is 0 Å². The summed E-state index contributed by atoms with van der Waals surface area (Å²) < 4.78 is 0. The summed E-state index contributed by atoms with van der Waals surface area (Å²) in [5, 5.41) is 5.79. The number of hydrogen-bond acceptors (Lipinski definition) is 4. The second kappa shape index (κ2) is 8.47. The van der Waals surface area contributed by atoms with Crippen LogP contribution in [0.25, 0.3) is 22.8 Å². The number of nitrogens with one attached hydrogen (secondary N) is 3. The molecule has 5 rings (SSSR count). The predicted octanol–water partition coefficient (Wildman–Crippen LogP) is 3.35. The molecule has 0 radical (unpaired) electrons. The molecule has 1 aliphatic rings. The SMILES string of the molecule is O=C(NCc1ccccc1)c1cccc(-c2nccc(-c3cc4c([nH]3)CCNC4=O)n2)c1. The lowest BCUT2D eigenvalue weighted by atomic mass is 10.1. The van der Waals surface area contributed by atoms with E-state index >= 15 is 0 Å². The van der Waals surface area contributed by atoms with E-state index in [0.717, 1.165) is 28.9 Å². The minimum absolute atomic E-state index is 0.0720. The molecule has 1 aliphatic heterocycles. The molecule has 0 aliphatic carbocycles. The van der Waals surface area contributed by atoms with Crippen LogP contribution in [0.15, 0.2) is 72.9 Å². The lowest BCUT2D eigenvalue weighted by Crippen LogP contribution is -2.31. The Kier molecular flexibility index (Phi) is 5.21. The summed E-state index contributed by atoms with van der Waals surface area (Å²) in [6.45, 7) is 1.08. The van der Waals surface area contributed by atoms with Crippen LogP contribution in [0.5, 0.6) is 0 Å². The van der Waals surface area contributed by atoms with Crippen LogP contribution < -0.4 is 10.6 Å². The molecule has 4 aromatic rings. The number of carbonyl (C=O) groups excluding carboxylic acids is 2. The average molecular weight is 423 g/mol. The van der Waals surface area contributed by atoms with E-state index in [-0.39, 0.29) is 11.8 Å². The molecule has 0 bridgehead atoms. The summed E-state index contributed by atoms with van der Waals surface area (Å²) in [6, 6.07) is 20.6. The van der Waals surface area contributed by atoms with Crippen LogP contribution in [0, 0.1) is 0 Å². The van der Waals surface area contributed by atoms with Crippen LogP contribution in [0.4, 0.5) is 0 Å². The van der Waals surface area contributed by atoms with E-state index in [0.29, 0.717) is 35.7 Å². The number of aromatic amines is 1. The first-order valence-electron chi connectivity index (χ1n) is 10.4. The molecule has 32 heavy (non-hydrogen) atoms. The Balaban J connectivity index is 1.38. The van der Waals surface area contributed by atoms with Gasteiger partial charge in [-0.1, -0.05) is 42.5 Å². The fourth-order valence-corrected chi connectivity index (χ4v) is 3.76. The molecule has 7 heteroatoms. The third-order valence-corrected chi connectivity index (χ3v) is 5.41. The summed E-state index contributed by atoms with van der Waals surface area (Å²) in [5.74, 6) is 0.282. The van der Waals surface area contributed by atoms with E-state index in [4.69, 9.17) is 0 Å². The molecule has 3 N–H and O–H groups in total. The third-order valence-electron chi connectivity index (χ3n) is 5.41. The van der Waals surface area contributed by atoms with Crippen molar-refractivity contribution in [2.75, 3.05) is 6.54 Å². The number of hydrogen-bond donors (Lipinski definition) is 3. The van der Waals surface area contributed by atoms with Crippen molar-refractivity contribution in [3.05, 3.63) is 95.3 Å². The van der Waals surface area contributed by atoms with Gasteiger partial charge in [0.15, 0.2) is 5.82 Å². The van der Waals surface area contributed by atoms with Gasteiger partial charge in [-0.2, -0.15) is 0 Å². The molecule has 158 valence electrons. The highest BCUT2D eigenvalue weighted by Gasteiger charge is 2.20. The first-order chi connectivity index (χ1) is 15.7. The number of fused-ring (bicyclic) bond motifs is 1. The van der Waals surface area contributed by atoms with E-state index in [1.165, 1.54) is 0 Å². The van der Waals surface area contributed by atoms with Crippen molar-refractivity contribution >= 4 is 11.8 Å². The molecular formula is C25H21N5O2. The Morgan fingerprint density at radius 3 is 2.75 bits per heavy atom. The number of carbonyl (C=O) groups is 2. The number of aromatic nitrogens is 3. The first kappa shape index (κ1) is 19.7. The van der Waals surface area contributed by atoms with Gasteiger partial charge in [0.05, 0.1) is 17.0 Å². The fraction of sp³-hybridized carbons (Fsp3) is 0.120. The van der Waals surface area contributed by atoms with Gasteiger partial charge < -0.3 is 15.6 Å². The van der Waals surface area contributed by atoms with Crippen molar-refractivity contribution < 1.29 is 9.59 Å². The maximum Gasteiger partial charge on any atom is 0.253 e. The van der Waals surface area contributed by atoms with Crippen molar-refractivity contribution in [3.8, 4) is 22.8 Å². The normalized spacial score (nSPS) is 12.7. The van der Waals surface area contributed by atoms with Gasteiger partial charge >= 0.3 is 0 Å². The molecule has 2 amide bonds. The third kappa shape index (κ3) is 4.00. The van der Waals surface area contributed by atoms with Crippen molar-refractivity contribution in [2.45, 2.75) is 13.0 Å². The lowest BCUT2D eigenvalue weighted by Gasteiger charge is -2.10. The molecule has 7 nitrogen and oxygen atoms in total. The molecular weight excluding hydrogens is 402 g/mol. The van der Waals surface area contributed by atoms with E-state index in [9.17, 15) is 9.59 Å². The Morgan fingerprint density at radius 1 is 1.03 bits per heavy atom. The molecule has 0 unspecified atom stereocenters. The number of benzene rings is 2. The Labute approximate surface area is 184 Å². The zero-order valence-corrected chi connectivity index (χ0v) is 17.3. The van der Waals surface area contributed by atoms with Gasteiger partial charge in [-0.3, -0.25) is 9.59 Å². The number of rotatable bonds is 5. The molecule has 2 aromatic heterocycles. The zero-order chi connectivity index (χ0) is 21.9. The van der Waals surface area contributed by atoms with Crippen LogP contribution in [0.2, 0.25) is 0 Å². The van der Waals surface area contributed by atoms with Gasteiger partial charge in [-0.25, -0.2) is 9.97 Å². The lowest BCUT2D eigenvalue weighted by molar-refractivity contribution is 0.0940. The molecule has 0 saturated carbocycles. The maximum atomic E-state index is 12.6. The van der Waals surface area contributed by atoms with Gasteiger partial charge in [-0.15, -0.1) is 0 Å². The zero-order valence-electron chi connectivity index (χ0n) is 17.3. The monoisotopic (exact) mass is 423 g/mol. The van der Waals surface area contributed by atoms with Gasteiger partial charge in [0.2, 0.25) is 0 Å². The van der Waals surface area contributed by atoms with Crippen molar-refractivity contribution in [3.63, 3.8) is 0 Å². The quantitative estimate of drug-likeness (QED) is 0.458. The highest BCUT2D eigenvalue weighted by molar-refractivity contribution is 5.97. The number of amides is 2. The Bertz CT molecular complexity index is 1300. The van der Waals surface area contributed by atoms with Crippen LogP contribution in [0.1, 0.15) is 32.0 Å². The topological polar surface area (TPSA) is 99.8 Å². The molecule has 0 atom stereocenters. The highest BCUT2D eigenvalue weighted by Crippen LogP contribution is 2.24. The van der Waals surface area contributed by atoms with Gasteiger partial charge in [-0.05, 0) is 29.8 Å². The van der Waals surface area contributed by atoms with E-state index in [2.05, 4.69) is 25.6 Å². The minimum Gasteiger partial charge on any atom is -0.356 e. The second-order valence-electron chi connectivity index (χ2n) is 7.60. The summed E-state index contributed by atoms with van der Waals surface area (Å²) in [5.41, 5.74) is 5.36. The highest BCUT2D eigenvalue weighted by atomic mass is 16.2. The van der Waals surface area contributed by atoms with Crippen LogP contribution in [-0.2, 0) is 13.0 Å². The Hall–Kier alpha value is -4.26. The maximum absolute atomic E-state index is 12.6. The average Bonchev–Trinajstić information content (AvgIpc) is 3.29. The molecule has 0 spiro atoms. The van der Waals surface area contributed by atoms with Crippen LogP contribution in [-0.4, -0.2) is 33.3 Å². The molecule has 0 fully saturated rings. The number of H-pyrrole nitrogens is 1. The summed E-state index contributed by atoms with van der Waals surface area (Å²) in [7, 11) is 0. The van der Waals surface area contributed by atoms with E-state index in [1.807, 2.05) is 48.5 Å². The Morgan fingerprint density at radius 2 is 1.91 bits per heavy atom. The predicted molar refractivity (Wildman–Crippen MR) is 121 cm³/mol. The first-order valence-corrected chi connectivity index (χ1v) is 10.4. The van der Waals surface area contributed by atoms with Crippen molar-refractivity contribution in [1.29, 1.82) is 0 Å². The van der Waals surface area contributed by atoms with Crippen molar-refractivity contribution in [1.82, 2.24) is 25.6 Å². The van der Waals surface area contributed by atoms with Gasteiger partial charge in [0.25, 0.3) is 11.8 Å². The molecule has 0 saturated heterocycles. The minimum atomic E-state index is -0.157. The molecule has 2 aromatic carbocycles. The fourth-order valence-electron chi connectivity index (χ4n) is 3.76. The number of nitrogens with zero attached hydrogens (tertiary/aromatic N) is 2. The second-order valence-corrected chi connectivity index (χ2v) is 7.60. The smallest absolute Gasteiger partial charge is 0.253 e. The largest absolute Gasteiger partial charge is 0.356 e. The summed E-state index contributed by atoms with van der Waals surface area (Å²) >= 11 is 0. The van der Waals surface area contributed by atoms with Crippen LogP contribution in [0.3, 0.4) is 0 Å².